The normalized spacial score (nSPS) is 10.5. The van der Waals surface area contributed by atoms with E-state index in [2.05, 4.69) is 20.9 Å². The first-order valence-electron chi connectivity index (χ1n) is 3.15. The molecule has 1 aromatic heterocycles. The van der Waals surface area contributed by atoms with Gasteiger partial charge in [-0.05, 0) is 22.0 Å². The Morgan fingerprint density at radius 3 is 2.69 bits per heavy atom. The van der Waals surface area contributed by atoms with Gasteiger partial charge >= 0.3 is 0 Å². The van der Waals surface area contributed by atoms with Gasteiger partial charge in [-0.1, -0.05) is 11.6 Å². The summed E-state index contributed by atoms with van der Waals surface area (Å²) in [5, 5.41) is 0.0564. The molecule has 1 rings (SSSR count). The number of alkyl halides is 2. The van der Waals surface area contributed by atoms with Gasteiger partial charge in [-0.15, -0.1) is 0 Å². The van der Waals surface area contributed by atoms with Crippen LogP contribution in [0.2, 0.25) is 5.02 Å². The van der Waals surface area contributed by atoms with E-state index in [1.165, 1.54) is 0 Å². The SMILES string of the molecule is O=Cc1nc(Br)c(Cl)cc1C(F)F. The molecule has 0 amide bonds. The Labute approximate surface area is 86.0 Å². The summed E-state index contributed by atoms with van der Waals surface area (Å²) in [7, 11) is 0. The minimum Gasteiger partial charge on any atom is -0.296 e. The molecule has 1 aromatic rings. The van der Waals surface area contributed by atoms with Crippen LogP contribution in [-0.2, 0) is 0 Å². The lowest BCUT2D eigenvalue weighted by molar-refractivity contribution is 0.110. The Morgan fingerprint density at radius 2 is 2.23 bits per heavy atom. The summed E-state index contributed by atoms with van der Waals surface area (Å²) in [6.45, 7) is 0. The molecule has 6 heteroatoms. The van der Waals surface area contributed by atoms with E-state index in [1.807, 2.05) is 0 Å². The van der Waals surface area contributed by atoms with Gasteiger partial charge in [0.25, 0.3) is 6.43 Å². The fourth-order valence-electron chi connectivity index (χ4n) is 0.763. The molecule has 13 heavy (non-hydrogen) atoms. The second-order valence-corrected chi connectivity index (χ2v) is 3.31. The van der Waals surface area contributed by atoms with Crippen molar-refractivity contribution in [3.05, 3.63) is 26.9 Å². The van der Waals surface area contributed by atoms with E-state index in [0.717, 1.165) is 6.07 Å². The van der Waals surface area contributed by atoms with Gasteiger partial charge < -0.3 is 0 Å². The summed E-state index contributed by atoms with van der Waals surface area (Å²) < 4.78 is 24.7. The number of nitrogens with zero attached hydrogens (tertiary/aromatic N) is 1. The van der Waals surface area contributed by atoms with Gasteiger partial charge in [-0.2, -0.15) is 0 Å². The largest absolute Gasteiger partial charge is 0.296 e. The number of aromatic nitrogens is 1. The van der Waals surface area contributed by atoms with Gasteiger partial charge in [-0.25, -0.2) is 13.8 Å². The molecule has 0 bridgehead atoms. The van der Waals surface area contributed by atoms with E-state index in [1.54, 1.807) is 0 Å². The fourth-order valence-corrected chi connectivity index (χ4v) is 1.23. The van der Waals surface area contributed by atoms with Crippen molar-refractivity contribution in [2.75, 3.05) is 0 Å². The lowest BCUT2D eigenvalue weighted by Crippen LogP contribution is -1.97. The number of carbonyl (C=O) groups is 1. The van der Waals surface area contributed by atoms with Crippen LogP contribution in [0.25, 0.3) is 0 Å². The van der Waals surface area contributed by atoms with E-state index in [9.17, 15) is 13.6 Å². The molecule has 0 radical (unpaired) electrons. The first-order valence-corrected chi connectivity index (χ1v) is 4.32. The van der Waals surface area contributed by atoms with Gasteiger partial charge in [0.15, 0.2) is 6.29 Å². The highest BCUT2D eigenvalue weighted by atomic mass is 79.9. The van der Waals surface area contributed by atoms with Gasteiger partial charge in [0.05, 0.1) is 5.02 Å². The third-order valence-corrected chi connectivity index (χ3v) is 2.46. The van der Waals surface area contributed by atoms with Crippen LogP contribution in [0.1, 0.15) is 22.5 Å². The van der Waals surface area contributed by atoms with Crippen molar-refractivity contribution in [3.63, 3.8) is 0 Å². The summed E-state index contributed by atoms with van der Waals surface area (Å²) in [6.07, 6.45) is -2.49. The van der Waals surface area contributed by atoms with E-state index in [4.69, 9.17) is 11.6 Å². The molecule has 0 fully saturated rings. The van der Waals surface area contributed by atoms with E-state index in [0.29, 0.717) is 0 Å². The number of rotatable bonds is 2. The molecule has 0 unspecified atom stereocenters. The van der Waals surface area contributed by atoms with Crippen LogP contribution >= 0.6 is 27.5 Å². The Morgan fingerprint density at radius 1 is 1.62 bits per heavy atom. The molecule has 0 N–H and O–H groups in total. The Kier molecular flexibility index (Phi) is 3.33. The number of carbonyl (C=O) groups excluding carboxylic acids is 1. The molecule has 0 aromatic carbocycles. The molecule has 70 valence electrons. The maximum atomic E-state index is 12.3. The first kappa shape index (κ1) is 10.5. The van der Waals surface area contributed by atoms with E-state index < -0.39 is 12.0 Å². The van der Waals surface area contributed by atoms with Crippen molar-refractivity contribution in [3.8, 4) is 0 Å². The number of halogens is 4. The molecular formula is C7H3BrClF2NO. The Balaban J connectivity index is 3.32. The highest BCUT2D eigenvalue weighted by Crippen LogP contribution is 2.28. The van der Waals surface area contributed by atoms with Gasteiger partial charge in [0.1, 0.15) is 10.3 Å². The first-order chi connectivity index (χ1) is 6.06. The van der Waals surface area contributed by atoms with Gasteiger partial charge in [0, 0.05) is 5.56 Å². The highest BCUT2D eigenvalue weighted by molar-refractivity contribution is 9.10. The van der Waals surface area contributed by atoms with Crippen molar-refractivity contribution < 1.29 is 13.6 Å². The van der Waals surface area contributed by atoms with Crippen LogP contribution in [0.5, 0.6) is 0 Å². The lowest BCUT2D eigenvalue weighted by atomic mass is 10.2. The van der Waals surface area contributed by atoms with Crippen molar-refractivity contribution in [2.24, 2.45) is 0 Å². The third kappa shape index (κ3) is 2.22. The van der Waals surface area contributed by atoms with Crippen LogP contribution in [0.4, 0.5) is 8.78 Å². The maximum Gasteiger partial charge on any atom is 0.266 e. The summed E-state index contributed by atoms with van der Waals surface area (Å²) in [5.41, 5.74) is -0.755. The molecule has 0 aliphatic carbocycles. The van der Waals surface area contributed by atoms with E-state index in [-0.39, 0.29) is 21.6 Å². The fraction of sp³-hybridized carbons (Fsp3) is 0.143. The Bertz CT molecular complexity index is 346. The molecule has 0 spiro atoms. The standard InChI is InChI=1S/C7H3BrClF2NO/c8-6-4(9)1-3(7(10)11)5(2-13)12-6/h1-2,7H. The molecule has 1 heterocycles. The molecular weight excluding hydrogens is 267 g/mol. The second kappa shape index (κ2) is 4.11. The average Bonchev–Trinajstić information content (AvgIpc) is 2.08. The van der Waals surface area contributed by atoms with Crippen molar-refractivity contribution >= 4 is 33.8 Å². The topological polar surface area (TPSA) is 30.0 Å². The predicted molar refractivity (Wildman–Crippen MR) is 47.3 cm³/mol. The summed E-state index contributed by atoms with van der Waals surface area (Å²) in [4.78, 5) is 13.9. The minimum atomic E-state index is -2.75. The molecule has 0 saturated heterocycles. The van der Waals surface area contributed by atoms with Crippen LogP contribution in [0.3, 0.4) is 0 Å². The maximum absolute atomic E-state index is 12.3. The van der Waals surface area contributed by atoms with Gasteiger partial charge in [-0.3, -0.25) is 4.79 Å². The summed E-state index contributed by atoms with van der Waals surface area (Å²) in [5.74, 6) is 0. The molecule has 0 atom stereocenters. The number of hydrogen-bond donors (Lipinski definition) is 0. The second-order valence-electron chi connectivity index (χ2n) is 2.15. The van der Waals surface area contributed by atoms with Crippen molar-refractivity contribution in [1.29, 1.82) is 0 Å². The minimum absolute atomic E-state index is 0.0564. The number of hydrogen-bond acceptors (Lipinski definition) is 2. The predicted octanol–water partition coefficient (Wildman–Crippen LogP) is 3.25. The molecule has 2 nitrogen and oxygen atoms in total. The van der Waals surface area contributed by atoms with Crippen LogP contribution < -0.4 is 0 Å². The Hall–Kier alpha value is -0.550. The van der Waals surface area contributed by atoms with Gasteiger partial charge in [0.2, 0.25) is 0 Å². The van der Waals surface area contributed by atoms with Crippen molar-refractivity contribution in [2.45, 2.75) is 6.43 Å². The highest BCUT2D eigenvalue weighted by Gasteiger charge is 2.16. The quantitative estimate of drug-likeness (QED) is 0.610. The molecule has 0 aliphatic heterocycles. The molecule has 0 saturated carbocycles. The van der Waals surface area contributed by atoms with E-state index >= 15 is 0 Å². The smallest absolute Gasteiger partial charge is 0.266 e. The third-order valence-electron chi connectivity index (χ3n) is 1.34. The summed E-state index contributed by atoms with van der Waals surface area (Å²) in [6, 6.07) is 1.02. The number of aldehydes is 1. The monoisotopic (exact) mass is 269 g/mol. The van der Waals surface area contributed by atoms with Crippen molar-refractivity contribution in [1.82, 2.24) is 4.98 Å². The lowest BCUT2D eigenvalue weighted by Gasteiger charge is -2.04. The number of pyridine rings is 1. The van der Waals surface area contributed by atoms with Crippen LogP contribution in [-0.4, -0.2) is 11.3 Å². The van der Waals surface area contributed by atoms with Crippen LogP contribution in [0.15, 0.2) is 10.7 Å². The van der Waals surface area contributed by atoms with Crippen LogP contribution in [0, 0.1) is 0 Å². The average molecular weight is 270 g/mol. The summed E-state index contributed by atoms with van der Waals surface area (Å²) >= 11 is 8.45. The zero-order valence-electron chi connectivity index (χ0n) is 6.10. The zero-order chi connectivity index (χ0) is 10.0. The molecule has 0 aliphatic rings. The zero-order valence-corrected chi connectivity index (χ0v) is 8.44.